The molecule has 2 atom stereocenters. The van der Waals surface area contributed by atoms with Gasteiger partial charge in [-0.15, -0.1) is 0 Å². The molecule has 1 aromatic rings. The van der Waals surface area contributed by atoms with Crippen LogP contribution < -0.4 is 5.73 Å². The zero-order valence-electron chi connectivity index (χ0n) is 11.2. The lowest BCUT2D eigenvalue weighted by Crippen LogP contribution is -2.41. The summed E-state index contributed by atoms with van der Waals surface area (Å²) in [7, 11) is 1.99. The fourth-order valence-corrected chi connectivity index (χ4v) is 3.11. The van der Waals surface area contributed by atoms with Gasteiger partial charge in [-0.25, -0.2) is 0 Å². The van der Waals surface area contributed by atoms with Gasteiger partial charge in [0.05, 0.1) is 5.69 Å². The lowest BCUT2D eigenvalue weighted by molar-refractivity contribution is 0.101. The first-order valence-electron chi connectivity index (χ1n) is 6.61. The molecule has 0 aromatic carbocycles. The number of hydrogen-bond acceptors (Lipinski definition) is 3. The Morgan fingerprint density at radius 3 is 2.82 bits per heavy atom. The van der Waals surface area contributed by atoms with E-state index in [0.717, 1.165) is 18.8 Å². The lowest BCUT2D eigenvalue weighted by atomic mass is 9.85. The standard InChI is InChI=1S/C13H24N4/c1-4-17-7-5-6-11(8-14)13(17)12-9-16(3)15-10(12)2/h9,11,13H,4-8,14H2,1-3H3. The minimum atomic E-state index is 0.465. The minimum Gasteiger partial charge on any atom is -0.330 e. The summed E-state index contributed by atoms with van der Waals surface area (Å²) in [5.74, 6) is 0.576. The molecule has 4 nitrogen and oxygen atoms in total. The molecule has 2 unspecified atom stereocenters. The van der Waals surface area contributed by atoms with Crippen LogP contribution in [0.2, 0.25) is 0 Å². The van der Waals surface area contributed by atoms with Crippen LogP contribution in [0.4, 0.5) is 0 Å². The van der Waals surface area contributed by atoms with Crippen molar-refractivity contribution >= 4 is 0 Å². The molecule has 0 radical (unpaired) electrons. The highest BCUT2D eigenvalue weighted by Crippen LogP contribution is 2.36. The molecule has 0 aliphatic carbocycles. The van der Waals surface area contributed by atoms with E-state index in [4.69, 9.17) is 5.73 Å². The third-order valence-electron chi connectivity index (χ3n) is 3.94. The average molecular weight is 236 g/mol. The number of likely N-dealkylation sites (tertiary alicyclic amines) is 1. The van der Waals surface area contributed by atoms with E-state index in [0.29, 0.717) is 12.0 Å². The second-order valence-electron chi connectivity index (χ2n) is 5.05. The van der Waals surface area contributed by atoms with Gasteiger partial charge in [-0.05, 0) is 45.3 Å². The zero-order chi connectivity index (χ0) is 12.4. The SMILES string of the molecule is CCN1CCCC(CN)C1c1cn(C)nc1C. The number of aromatic nitrogens is 2. The average Bonchev–Trinajstić information content (AvgIpc) is 2.67. The van der Waals surface area contributed by atoms with Crippen molar-refractivity contribution in [2.45, 2.75) is 32.7 Å². The number of hydrogen-bond donors (Lipinski definition) is 1. The van der Waals surface area contributed by atoms with E-state index in [9.17, 15) is 0 Å². The molecule has 1 aromatic heterocycles. The van der Waals surface area contributed by atoms with Crippen LogP contribution in [0.15, 0.2) is 6.20 Å². The molecule has 0 amide bonds. The van der Waals surface area contributed by atoms with Crippen LogP contribution in [0.5, 0.6) is 0 Å². The third-order valence-corrected chi connectivity index (χ3v) is 3.94. The summed E-state index contributed by atoms with van der Waals surface area (Å²) in [5, 5.41) is 4.47. The highest BCUT2D eigenvalue weighted by Gasteiger charge is 2.32. The van der Waals surface area contributed by atoms with Crippen LogP contribution in [0.25, 0.3) is 0 Å². The molecule has 96 valence electrons. The van der Waals surface area contributed by atoms with Gasteiger partial charge in [0.15, 0.2) is 0 Å². The summed E-state index contributed by atoms with van der Waals surface area (Å²) < 4.78 is 1.92. The van der Waals surface area contributed by atoms with Gasteiger partial charge in [0.25, 0.3) is 0 Å². The number of piperidine rings is 1. The van der Waals surface area contributed by atoms with Gasteiger partial charge in [-0.3, -0.25) is 9.58 Å². The molecule has 1 saturated heterocycles. The maximum atomic E-state index is 5.95. The van der Waals surface area contributed by atoms with Crippen LogP contribution in [0.1, 0.15) is 37.1 Å². The van der Waals surface area contributed by atoms with Crippen LogP contribution >= 0.6 is 0 Å². The van der Waals surface area contributed by atoms with Crippen molar-refractivity contribution in [1.29, 1.82) is 0 Å². The Kier molecular flexibility index (Phi) is 3.84. The van der Waals surface area contributed by atoms with Gasteiger partial charge >= 0.3 is 0 Å². The highest BCUT2D eigenvalue weighted by atomic mass is 15.3. The largest absolute Gasteiger partial charge is 0.330 e. The molecule has 0 bridgehead atoms. The Labute approximate surface area is 104 Å². The molecule has 1 aliphatic heterocycles. The van der Waals surface area contributed by atoms with Crippen molar-refractivity contribution in [2.24, 2.45) is 18.7 Å². The zero-order valence-corrected chi connectivity index (χ0v) is 11.2. The first-order valence-corrected chi connectivity index (χ1v) is 6.61. The van der Waals surface area contributed by atoms with Crippen molar-refractivity contribution in [2.75, 3.05) is 19.6 Å². The molecule has 2 heterocycles. The summed E-state index contributed by atoms with van der Waals surface area (Å²) in [6, 6.07) is 0.465. The van der Waals surface area contributed by atoms with Gasteiger partial charge in [-0.2, -0.15) is 5.10 Å². The number of nitrogens with zero attached hydrogens (tertiary/aromatic N) is 3. The molecule has 17 heavy (non-hydrogen) atoms. The Bertz CT molecular complexity index is 359. The summed E-state index contributed by atoms with van der Waals surface area (Å²) in [4.78, 5) is 2.55. The molecule has 2 rings (SSSR count). The second kappa shape index (κ2) is 5.19. The molecule has 4 heteroatoms. The van der Waals surface area contributed by atoms with Crippen molar-refractivity contribution in [3.8, 4) is 0 Å². The topological polar surface area (TPSA) is 47.1 Å². The smallest absolute Gasteiger partial charge is 0.0641 e. The second-order valence-corrected chi connectivity index (χ2v) is 5.05. The van der Waals surface area contributed by atoms with Gasteiger partial charge in [0.2, 0.25) is 0 Å². The van der Waals surface area contributed by atoms with Gasteiger partial charge in [0, 0.05) is 24.8 Å². The van der Waals surface area contributed by atoms with E-state index in [1.165, 1.54) is 24.9 Å². The highest BCUT2D eigenvalue weighted by molar-refractivity contribution is 5.22. The number of aryl methyl sites for hydroxylation is 2. The van der Waals surface area contributed by atoms with Crippen LogP contribution in [-0.4, -0.2) is 34.3 Å². The Morgan fingerprint density at radius 2 is 2.29 bits per heavy atom. The molecule has 1 aliphatic rings. The fourth-order valence-electron chi connectivity index (χ4n) is 3.11. The van der Waals surface area contributed by atoms with E-state index in [1.807, 2.05) is 11.7 Å². The maximum Gasteiger partial charge on any atom is 0.0641 e. The fraction of sp³-hybridized carbons (Fsp3) is 0.769. The van der Waals surface area contributed by atoms with Crippen molar-refractivity contribution < 1.29 is 0 Å². The molecular formula is C13H24N4. The van der Waals surface area contributed by atoms with Crippen molar-refractivity contribution in [3.63, 3.8) is 0 Å². The van der Waals surface area contributed by atoms with Crippen molar-refractivity contribution in [3.05, 3.63) is 17.5 Å². The predicted molar refractivity (Wildman–Crippen MR) is 69.7 cm³/mol. The first kappa shape index (κ1) is 12.6. The maximum absolute atomic E-state index is 5.95. The van der Waals surface area contributed by atoms with Gasteiger partial charge < -0.3 is 5.73 Å². The molecular weight excluding hydrogens is 212 g/mol. The van der Waals surface area contributed by atoms with E-state index in [-0.39, 0.29) is 0 Å². The van der Waals surface area contributed by atoms with Crippen molar-refractivity contribution in [1.82, 2.24) is 14.7 Å². The number of rotatable bonds is 3. The third kappa shape index (κ3) is 2.38. The Hall–Kier alpha value is -0.870. The number of nitrogens with two attached hydrogens (primary N) is 1. The van der Waals surface area contributed by atoms with Gasteiger partial charge in [0.1, 0.15) is 0 Å². The molecule has 0 spiro atoms. The summed E-state index contributed by atoms with van der Waals surface area (Å²) in [5.41, 5.74) is 8.47. The quantitative estimate of drug-likeness (QED) is 0.864. The Balaban J connectivity index is 2.32. The predicted octanol–water partition coefficient (Wildman–Crippen LogP) is 1.46. The van der Waals surface area contributed by atoms with Crippen LogP contribution in [0, 0.1) is 12.8 Å². The molecule has 1 fully saturated rings. The first-order chi connectivity index (χ1) is 8.17. The Morgan fingerprint density at radius 1 is 1.53 bits per heavy atom. The minimum absolute atomic E-state index is 0.465. The summed E-state index contributed by atoms with van der Waals surface area (Å²) in [6.45, 7) is 7.39. The summed E-state index contributed by atoms with van der Waals surface area (Å²) >= 11 is 0. The normalized spacial score (nSPS) is 26.4. The van der Waals surface area contributed by atoms with Crippen LogP contribution in [0.3, 0.4) is 0 Å². The van der Waals surface area contributed by atoms with E-state index in [2.05, 4.69) is 30.0 Å². The van der Waals surface area contributed by atoms with Gasteiger partial charge in [-0.1, -0.05) is 6.92 Å². The monoisotopic (exact) mass is 236 g/mol. The van der Waals surface area contributed by atoms with E-state index in [1.54, 1.807) is 0 Å². The van der Waals surface area contributed by atoms with E-state index >= 15 is 0 Å². The van der Waals surface area contributed by atoms with E-state index < -0.39 is 0 Å². The lowest BCUT2D eigenvalue weighted by Gasteiger charge is -2.40. The van der Waals surface area contributed by atoms with Crippen LogP contribution in [-0.2, 0) is 7.05 Å². The molecule has 0 saturated carbocycles. The molecule has 2 N–H and O–H groups in total. The summed E-state index contributed by atoms with van der Waals surface area (Å²) in [6.07, 6.45) is 4.67.